The molecule has 1 aromatic heterocycles. The molecule has 1 aliphatic rings. The second-order valence-corrected chi connectivity index (χ2v) is 6.97. The third kappa shape index (κ3) is 2.48. The highest BCUT2D eigenvalue weighted by molar-refractivity contribution is 9.11. The third-order valence-electron chi connectivity index (χ3n) is 3.41. The lowest BCUT2D eigenvalue weighted by molar-refractivity contribution is 0.0948. The van der Waals surface area contributed by atoms with Crippen LogP contribution in [-0.4, -0.2) is 12.5 Å². The van der Waals surface area contributed by atoms with Crippen molar-refractivity contribution in [3.8, 4) is 0 Å². The van der Waals surface area contributed by atoms with E-state index >= 15 is 0 Å². The van der Waals surface area contributed by atoms with Gasteiger partial charge in [-0.05, 0) is 59.2 Å². The van der Waals surface area contributed by atoms with Crippen LogP contribution in [0, 0.1) is 12.3 Å². The summed E-state index contributed by atoms with van der Waals surface area (Å²) in [6.45, 7) is 5.04. The molecule has 0 atom stereocenters. The van der Waals surface area contributed by atoms with Gasteiger partial charge in [0.15, 0.2) is 0 Å². The van der Waals surface area contributed by atoms with Gasteiger partial charge in [-0.25, -0.2) is 0 Å². The number of carbonyl (C=O) groups is 1. The molecular weight excluding hydrogens is 286 g/mol. The summed E-state index contributed by atoms with van der Waals surface area (Å²) >= 11 is 4.95. The van der Waals surface area contributed by atoms with Gasteiger partial charge in [0.2, 0.25) is 0 Å². The molecule has 0 aromatic carbocycles. The molecule has 0 spiro atoms. The van der Waals surface area contributed by atoms with Crippen LogP contribution in [0.15, 0.2) is 9.85 Å². The van der Waals surface area contributed by atoms with Gasteiger partial charge in [0.05, 0.1) is 8.66 Å². The summed E-state index contributed by atoms with van der Waals surface area (Å²) in [5, 5.41) is 3.04. The van der Waals surface area contributed by atoms with Gasteiger partial charge in [0, 0.05) is 6.54 Å². The van der Waals surface area contributed by atoms with Crippen molar-refractivity contribution in [2.45, 2.75) is 33.1 Å². The number of hydrogen-bond donors (Lipinski definition) is 1. The van der Waals surface area contributed by atoms with Crippen LogP contribution in [0.25, 0.3) is 0 Å². The van der Waals surface area contributed by atoms with E-state index in [0.717, 1.165) is 20.8 Å². The van der Waals surface area contributed by atoms with Gasteiger partial charge in [-0.1, -0.05) is 6.92 Å². The Morgan fingerprint density at radius 1 is 1.62 bits per heavy atom. The molecular formula is C12H16BrNOS. The number of rotatable bonds is 4. The van der Waals surface area contributed by atoms with E-state index in [4.69, 9.17) is 0 Å². The Bertz CT molecular complexity index is 390. The van der Waals surface area contributed by atoms with Gasteiger partial charge in [-0.3, -0.25) is 4.79 Å². The predicted molar refractivity (Wildman–Crippen MR) is 71.0 cm³/mol. The average molecular weight is 302 g/mol. The van der Waals surface area contributed by atoms with E-state index < -0.39 is 0 Å². The van der Waals surface area contributed by atoms with Crippen LogP contribution in [0.3, 0.4) is 0 Å². The maximum Gasteiger partial charge on any atom is 0.261 e. The molecule has 16 heavy (non-hydrogen) atoms. The Morgan fingerprint density at radius 2 is 2.31 bits per heavy atom. The zero-order valence-corrected chi connectivity index (χ0v) is 12.0. The molecule has 1 heterocycles. The number of aryl methyl sites for hydroxylation is 1. The molecule has 2 nitrogen and oxygen atoms in total. The number of thiophene rings is 1. The summed E-state index contributed by atoms with van der Waals surface area (Å²) in [6, 6.07) is 1.94. The van der Waals surface area contributed by atoms with E-state index in [9.17, 15) is 4.79 Å². The molecule has 1 aromatic rings. The summed E-state index contributed by atoms with van der Waals surface area (Å²) in [6.07, 6.45) is 3.69. The van der Waals surface area contributed by atoms with E-state index in [1.165, 1.54) is 30.6 Å². The number of nitrogens with one attached hydrogen (secondary N) is 1. The van der Waals surface area contributed by atoms with Crippen LogP contribution < -0.4 is 5.32 Å². The highest BCUT2D eigenvalue weighted by Gasteiger charge is 2.40. The molecule has 0 unspecified atom stereocenters. The number of amides is 1. The normalized spacial score (nSPS) is 17.2. The van der Waals surface area contributed by atoms with Crippen LogP contribution >= 0.6 is 27.3 Å². The fourth-order valence-electron chi connectivity index (χ4n) is 1.76. The molecule has 1 fully saturated rings. The minimum absolute atomic E-state index is 0.0681. The molecule has 1 amide bonds. The number of hydrogen-bond acceptors (Lipinski definition) is 2. The molecule has 0 radical (unpaired) electrons. The maximum atomic E-state index is 11.9. The van der Waals surface area contributed by atoms with Crippen LogP contribution in [0.1, 0.15) is 41.4 Å². The largest absolute Gasteiger partial charge is 0.351 e. The zero-order chi connectivity index (χ0) is 11.8. The molecule has 4 heteroatoms. The fourth-order valence-corrected chi connectivity index (χ4v) is 3.21. The van der Waals surface area contributed by atoms with E-state index in [-0.39, 0.29) is 5.91 Å². The van der Waals surface area contributed by atoms with Gasteiger partial charge >= 0.3 is 0 Å². The lowest BCUT2D eigenvalue weighted by Gasteiger charge is -2.12. The van der Waals surface area contributed by atoms with Gasteiger partial charge < -0.3 is 5.32 Å². The summed E-state index contributed by atoms with van der Waals surface area (Å²) in [5.74, 6) is 0.0681. The standard InChI is InChI=1S/C12H16BrNOS/c1-3-12(4-5-12)7-14-11(15)9-6-8(2)10(13)16-9/h6H,3-5,7H2,1-2H3,(H,14,15). The van der Waals surface area contributed by atoms with Gasteiger partial charge in [0.1, 0.15) is 0 Å². The van der Waals surface area contributed by atoms with Crippen molar-refractivity contribution < 1.29 is 4.79 Å². The molecule has 88 valence electrons. The Labute approximate surface area is 109 Å². The molecule has 0 bridgehead atoms. The number of halogens is 1. The smallest absolute Gasteiger partial charge is 0.261 e. The highest BCUT2D eigenvalue weighted by Crippen LogP contribution is 2.47. The van der Waals surface area contributed by atoms with Crippen molar-refractivity contribution in [3.05, 3.63) is 20.3 Å². The zero-order valence-electron chi connectivity index (χ0n) is 9.60. The predicted octanol–water partition coefficient (Wildman–Crippen LogP) is 3.74. The Morgan fingerprint density at radius 3 is 2.75 bits per heavy atom. The minimum atomic E-state index is 0.0681. The van der Waals surface area contributed by atoms with Crippen LogP contribution in [0.4, 0.5) is 0 Å². The van der Waals surface area contributed by atoms with Crippen molar-refractivity contribution in [2.24, 2.45) is 5.41 Å². The van der Waals surface area contributed by atoms with E-state index in [1.54, 1.807) is 0 Å². The quantitative estimate of drug-likeness (QED) is 0.902. The van der Waals surface area contributed by atoms with Crippen molar-refractivity contribution in [1.29, 1.82) is 0 Å². The Hall–Kier alpha value is -0.350. The van der Waals surface area contributed by atoms with Crippen molar-refractivity contribution in [3.63, 3.8) is 0 Å². The van der Waals surface area contributed by atoms with Crippen molar-refractivity contribution in [1.82, 2.24) is 5.32 Å². The molecule has 1 aliphatic carbocycles. The third-order valence-corrected chi connectivity index (χ3v) is 5.55. The minimum Gasteiger partial charge on any atom is -0.351 e. The van der Waals surface area contributed by atoms with Crippen LogP contribution in [0.5, 0.6) is 0 Å². The molecule has 0 saturated heterocycles. The first-order valence-electron chi connectivity index (χ1n) is 5.60. The fraction of sp³-hybridized carbons (Fsp3) is 0.583. The summed E-state index contributed by atoms with van der Waals surface area (Å²) < 4.78 is 1.05. The lowest BCUT2D eigenvalue weighted by Crippen LogP contribution is -2.29. The van der Waals surface area contributed by atoms with Gasteiger partial charge in [0.25, 0.3) is 5.91 Å². The van der Waals surface area contributed by atoms with E-state index in [2.05, 4.69) is 28.2 Å². The van der Waals surface area contributed by atoms with E-state index in [1.807, 2.05) is 13.0 Å². The maximum absolute atomic E-state index is 11.9. The second kappa shape index (κ2) is 4.49. The first-order chi connectivity index (χ1) is 7.56. The van der Waals surface area contributed by atoms with Crippen molar-refractivity contribution >= 4 is 33.2 Å². The van der Waals surface area contributed by atoms with Gasteiger partial charge in [-0.15, -0.1) is 11.3 Å². The molecule has 1 N–H and O–H groups in total. The van der Waals surface area contributed by atoms with E-state index in [0.29, 0.717) is 5.41 Å². The topological polar surface area (TPSA) is 29.1 Å². The summed E-state index contributed by atoms with van der Waals surface area (Å²) in [7, 11) is 0. The monoisotopic (exact) mass is 301 g/mol. The van der Waals surface area contributed by atoms with Crippen LogP contribution in [-0.2, 0) is 0 Å². The Balaban J connectivity index is 1.93. The summed E-state index contributed by atoms with van der Waals surface area (Å²) in [4.78, 5) is 12.7. The first kappa shape index (κ1) is 12.1. The number of carbonyl (C=O) groups excluding carboxylic acids is 1. The molecule has 1 saturated carbocycles. The lowest BCUT2D eigenvalue weighted by atomic mass is 10.0. The molecule has 2 rings (SSSR count). The average Bonchev–Trinajstić information content (AvgIpc) is 2.98. The first-order valence-corrected chi connectivity index (χ1v) is 7.21. The van der Waals surface area contributed by atoms with Crippen molar-refractivity contribution in [2.75, 3.05) is 6.54 Å². The Kier molecular flexibility index (Phi) is 3.40. The SMILES string of the molecule is CCC1(CNC(=O)c2cc(C)c(Br)s2)CC1. The van der Waals surface area contributed by atoms with Crippen LogP contribution in [0.2, 0.25) is 0 Å². The second-order valence-electron chi connectivity index (χ2n) is 4.60. The summed E-state index contributed by atoms with van der Waals surface area (Å²) in [5.41, 5.74) is 1.55. The highest BCUT2D eigenvalue weighted by atomic mass is 79.9. The molecule has 0 aliphatic heterocycles. The van der Waals surface area contributed by atoms with Gasteiger partial charge in [-0.2, -0.15) is 0 Å².